The molecule has 0 spiro atoms. The second-order valence-corrected chi connectivity index (χ2v) is 6.36. The normalized spacial score (nSPS) is 36.5. The van der Waals surface area contributed by atoms with Gasteiger partial charge in [-0.2, -0.15) is 0 Å². The van der Waals surface area contributed by atoms with Crippen LogP contribution in [0, 0.1) is 0 Å². The largest absolute Gasteiger partial charge is 0.362 e. The van der Waals surface area contributed by atoms with Crippen molar-refractivity contribution in [2.24, 2.45) is 4.99 Å². The van der Waals surface area contributed by atoms with Crippen LogP contribution in [0.4, 0.5) is 0 Å². The van der Waals surface area contributed by atoms with Gasteiger partial charge in [-0.15, -0.1) is 0 Å². The highest BCUT2D eigenvalue weighted by atomic mass is 32.2. The molecule has 15 heavy (non-hydrogen) atoms. The molecule has 1 aliphatic heterocycles. The second kappa shape index (κ2) is 5.24. The van der Waals surface area contributed by atoms with Crippen LogP contribution >= 0.6 is 11.8 Å². The molecule has 2 aliphatic rings. The summed E-state index contributed by atoms with van der Waals surface area (Å²) < 4.78 is 0. The summed E-state index contributed by atoms with van der Waals surface area (Å²) in [6, 6.07) is 1.20. The van der Waals surface area contributed by atoms with E-state index in [4.69, 9.17) is 4.99 Å². The van der Waals surface area contributed by atoms with Crippen LogP contribution in [0.1, 0.15) is 52.4 Å². The van der Waals surface area contributed by atoms with Crippen LogP contribution in [-0.2, 0) is 0 Å². The molecule has 1 saturated heterocycles. The molecule has 0 aromatic carbocycles. The maximum atomic E-state index is 4.86. The zero-order valence-electron chi connectivity index (χ0n) is 9.83. The summed E-state index contributed by atoms with van der Waals surface area (Å²) in [5.74, 6) is 0. The van der Waals surface area contributed by atoms with Crippen LogP contribution in [0.25, 0.3) is 0 Å². The molecule has 2 atom stereocenters. The van der Waals surface area contributed by atoms with E-state index in [1.807, 2.05) is 11.8 Å². The van der Waals surface area contributed by atoms with Crippen molar-refractivity contribution >= 4 is 16.9 Å². The fourth-order valence-electron chi connectivity index (χ4n) is 2.48. The molecule has 0 radical (unpaired) electrons. The van der Waals surface area contributed by atoms with Crippen LogP contribution in [0.15, 0.2) is 4.99 Å². The highest BCUT2D eigenvalue weighted by molar-refractivity contribution is 8.14. The summed E-state index contributed by atoms with van der Waals surface area (Å²) in [6.07, 6.45) is 8.01. The lowest BCUT2D eigenvalue weighted by Gasteiger charge is -2.28. The van der Waals surface area contributed by atoms with Gasteiger partial charge in [0, 0.05) is 11.3 Å². The van der Waals surface area contributed by atoms with E-state index in [1.165, 1.54) is 43.7 Å². The molecule has 2 rings (SSSR count). The van der Waals surface area contributed by atoms with Gasteiger partial charge in [0.1, 0.15) is 0 Å². The van der Waals surface area contributed by atoms with Gasteiger partial charge in [-0.05, 0) is 26.2 Å². The fraction of sp³-hybridized carbons (Fsp3) is 0.917. The zero-order valence-corrected chi connectivity index (χ0v) is 10.6. The third kappa shape index (κ3) is 3.40. The summed E-state index contributed by atoms with van der Waals surface area (Å²) in [4.78, 5) is 4.86. The molecule has 1 N–H and O–H groups in total. The minimum atomic E-state index is 0.601. The molecule has 2 fully saturated rings. The molecule has 0 aromatic rings. The van der Waals surface area contributed by atoms with Crippen molar-refractivity contribution < 1.29 is 0 Å². The van der Waals surface area contributed by atoms with Gasteiger partial charge in [0.25, 0.3) is 0 Å². The summed E-state index contributed by atoms with van der Waals surface area (Å²) in [7, 11) is 0. The van der Waals surface area contributed by atoms with E-state index in [0.29, 0.717) is 12.1 Å². The Morgan fingerprint density at radius 2 is 1.93 bits per heavy atom. The zero-order chi connectivity index (χ0) is 10.7. The van der Waals surface area contributed by atoms with Crippen molar-refractivity contribution in [1.82, 2.24) is 5.32 Å². The van der Waals surface area contributed by atoms with Crippen LogP contribution in [0.3, 0.4) is 0 Å². The number of aliphatic imine (C=N–C) groups is 1. The topological polar surface area (TPSA) is 24.4 Å². The molecule has 86 valence electrons. The molecule has 0 aromatic heterocycles. The Balaban J connectivity index is 1.92. The number of rotatable bonds is 1. The van der Waals surface area contributed by atoms with Gasteiger partial charge in [0.2, 0.25) is 0 Å². The van der Waals surface area contributed by atoms with Gasteiger partial charge in [0.15, 0.2) is 5.17 Å². The van der Waals surface area contributed by atoms with Crippen LogP contribution < -0.4 is 5.32 Å². The molecular formula is C12H22N2S. The van der Waals surface area contributed by atoms with Gasteiger partial charge in [0.05, 0.1) is 6.04 Å². The SMILES string of the molecule is CC1CC(C)SC(=NC2CCCCC2)N1. The van der Waals surface area contributed by atoms with E-state index in [9.17, 15) is 0 Å². The molecule has 2 unspecified atom stereocenters. The molecule has 1 aliphatic carbocycles. The van der Waals surface area contributed by atoms with Crippen molar-refractivity contribution in [3.05, 3.63) is 0 Å². The van der Waals surface area contributed by atoms with E-state index in [0.717, 1.165) is 5.25 Å². The summed E-state index contributed by atoms with van der Waals surface area (Å²) in [5, 5.41) is 5.43. The Labute approximate surface area is 97.3 Å². The van der Waals surface area contributed by atoms with Crippen molar-refractivity contribution in [3.8, 4) is 0 Å². The van der Waals surface area contributed by atoms with E-state index in [2.05, 4.69) is 19.2 Å². The first kappa shape index (κ1) is 11.3. The van der Waals surface area contributed by atoms with Crippen molar-refractivity contribution in [3.63, 3.8) is 0 Å². The maximum absolute atomic E-state index is 4.86. The predicted molar refractivity (Wildman–Crippen MR) is 68.6 cm³/mol. The van der Waals surface area contributed by atoms with E-state index >= 15 is 0 Å². The van der Waals surface area contributed by atoms with Crippen LogP contribution in [0.5, 0.6) is 0 Å². The first-order chi connectivity index (χ1) is 7.24. The van der Waals surface area contributed by atoms with Gasteiger partial charge in [-0.3, -0.25) is 4.99 Å². The third-order valence-electron chi connectivity index (χ3n) is 3.24. The Morgan fingerprint density at radius 1 is 1.20 bits per heavy atom. The predicted octanol–water partition coefficient (Wildman–Crippen LogP) is 3.18. The van der Waals surface area contributed by atoms with E-state index < -0.39 is 0 Å². The highest BCUT2D eigenvalue weighted by Crippen LogP contribution is 2.26. The Morgan fingerprint density at radius 3 is 2.60 bits per heavy atom. The van der Waals surface area contributed by atoms with E-state index in [-0.39, 0.29) is 0 Å². The first-order valence-corrected chi connectivity index (χ1v) is 7.13. The van der Waals surface area contributed by atoms with Gasteiger partial charge < -0.3 is 5.32 Å². The van der Waals surface area contributed by atoms with Gasteiger partial charge in [-0.1, -0.05) is 37.9 Å². The molecule has 1 saturated carbocycles. The number of thioether (sulfide) groups is 1. The fourth-order valence-corrected chi connectivity index (χ4v) is 3.73. The second-order valence-electron chi connectivity index (χ2n) is 4.94. The molecule has 1 heterocycles. The minimum Gasteiger partial charge on any atom is -0.362 e. The van der Waals surface area contributed by atoms with Crippen molar-refractivity contribution in [1.29, 1.82) is 0 Å². The summed E-state index contributed by atoms with van der Waals surface area (Å²) in [5.41, 5.74) is 0. The smallest absolute Gasteiger partial charge is 0.157 e. The molecule has 2 nitrogen and oxygen atoms in total. The number of nitrogens with one attached hydrogen (secondary N) is 1. The van der Waals surface area contributed by atoms with Gasteiger partial charge in [-0.25, -0.2) is 0 Å². The average Bonchev–Trinajstić information content (AvgIpc) is 2.17. The van der Waals surface area contributed by atoms with Gasteiger partial charge >= 0.3 is 0 Å². The van der Waals surface area contributed by atoms with E-state index in [1.54, 1.807) is 0 Å². The molecule has 0 amide bonds. The number of amidine groups is 1. The lowest BCUT2D eigenvalue weighted by Crippen LogP contribution is -2.39. The Bertz CT molecular complexity index is 222. The maximum Gasteiger partial charge on any atom is 0.157 e. The van der Waals surface area contributed by atoms with Crippen molar-refractivity contribution in [2.75, 3.05) is 0 Å². The first-order valence-electron chi connectivity index (χ1n) is 6.25. The average molecular weight is 226 g/mol. The Kier molecular flexibility index (Phi) is 3.95. The summed E-state index contributed by atoms with van der Waals surface area (Å²) >= 11 is 1.92. The molecular weight excluding hydrogens is 204 g/mol. The molecule has 3 heteroatoms. The van der Waals surface area contributed by atoms with Crippen LogP contribution in [0.2, 0.25) is 0 Å². The lowest BCUT2D eigenvalue weighted by atomic mass is 9.96. The standard InChI is InChI=1S/C12H22N2S/c1-9-8-10(2)15-12(13-9)14-11-6-4-3-5-7-11/h9-11H,3-8H2,1-2H3,(H,13,14). The third-order valence-corrected chi connectivity index (χ3v) is 4.28. The molecule has 0 bridgehead atoms. The number of hydrogen-bond donors (Lipinski definition) is 1. The summed E-state index contributed by atoms with van der Waals surface area (Å²) in [6.45, 7) is 4.56. The number of nitrogens with zero attached hydrogens (tertiary/aromatic N) is 1. The Hall–Kier alpha value is -0.180. The highest BCUT2D eigenvalue weighted by Gasteiger charge is 2.21. The van der Waals surface area contributed by atoms with Crippen LogP contribution in [-0.4, -0.2) is 22.5 Å². The minimum absolute atomic E-state index is 0.601. The quantitative estimate of drug-likeness (QED) is 0.742. The lowest BCUT2D eigenvalue weighted by molar-refractivity contribution is 0.442. The number of hydrogen-bond acceptors (Lipinski definition) is 2. The monoisotopic (exact) mass is 226 g/mol. The van der Waals surface area contributed by atoms with Crippen molar-refractivity contribution in [2.45, 2.75) is 69.7 Å².